The van der Waals surface area contributed by atoms with E-state index in [2.05, 4.69) is 78.5 Å². The summed E-state index contributed by atoms with van der Waals surface area (Å²) in [5.74, 6) is 0.577. The number of rotatable bonds is 5. The number of allylic oxidation sites excluding steroid dienone is 1. The summed E-state index contributed by atoms with van der Waals surface area (Å²) in [6.45, 7) is 18.1. The highest BCUT2D eigenvalue weighted by Gasteiger charge is 2.35. The van der Waals surface area contributed by atoms with Crippen molar-refractivity contribution in [2.45, 2.75) is 60.3 Å². The molecule has 0 aliphatic heterocycles. The van der Waals surface area contributed by atoms with E-state index >= 15 is 0 Å². The molecule has 0 saturated carbocycles. The molecule has 1 unspecified atom stereocenters. The van der Waals surface area contributed by atoms with E-state index < -0.39 is 0 Å². The summed E-state index contributed by atoms with van der Waals surface area (Å²) >= 11 is 0. The zero-order valence-electron chi connectivity index (χ0n) is 13.6. The van der Waals surface area contributed by atoms with Gasteiger partial charge in [-0.2, -0.15) is 0 Å². The Morgan fingerprint density at radius 2 is 1.58 bits per heavy atom. The van der Waals surface area contributed by atoms with Gasteiger partial charge < -0.3 is 0 Å². The van der Waals surface area contributed by atoms with Crippen molar-refractivity contribution in [2.75, 3.05) is 0 Å². The summed E-state index contributed by atoms with van der Waals surface area (Å²) in [5.41, 5.74) is 3.35. The van der Waals surface area contributed by atoms with E-state index in [4.69, 9.17) is 0 Å². The molecule has 0 amide bonds. The van der Waals surface area contributed by atoms with Crippen molar-refractivity contribution in [2.24, 2.45) is 10.8 Å². The van der Waals surface area contributed by atoms with Crippen LogP contribution in [0, 0.1) is 10.8 Å². The van der Waals surface area contributed by atoms with Crippen LogP contribution in [0.5, 0.6) is 0 Å². The Labute approximate surface area is 119 Å². The average Bonchev–Trinajstić information content (AvgIpc) is 2.27. The smallest absolute Gasteiger partial charge is 0.0120 e. The van der Waals surface area contributed by atoms with Crippen LogP contribution in [0.4, 0.5) is 0 Å². The third kappa shape index (κ3) is 4.53. The van der Waals surface area contributed by atoms with Gasteiger partial charge in [0.1, 0.15) is 0 Å². The normalized spacial score (nSPS) is 14.2. The molecule has 1 atom stereocenters. The third-order valence-corrected chi connectivity index (χ3v) is 4.65. The second-order valence-corrected chi connectivity index (χ2v) is 7.61. The topological polar surface area (TPSA) is 0 Å². The minimum atomic E-state index is 0.308. The molecule has 106 valence electrons. The van der Waals surface area contributed by atoms with E-state index in [9.17, 15) is 0 Å². The fourth-order valence-corrected chi connectivity index (χ4v) is 2.38. The van der Waals surface area contributed by atoms with Crippen LogP contribution in [0.3, 0.4) is 0 Å². The van der Waals surface area contributed by atoms with Crippen molar-refractivity contribution < 1.29 is 0 Å². The molecule has 0 aliphatic carbocycles. The molecule has 0 spiro atoms. The first-order chi connectivity index (χ1) is 8.63. The van der Waals surface area contributed by atoms with Crippen LogP contribution < -0.4 is 0 Å². The van der Waals surface area contributed by atoms with Crippen LogP contribution >= 0.6 is 0 Å². The fraction of sp³-hybridized carbons (Fsp3) is 0.579. The van der Waals surface area contributed by atoms with E-state index in [1.54, 1.807) is 0 Å². The highest BCUT2D eigenvalue weighted by molar-refractivity contribution is 5.21. The summed E-state index contributed by atoms with van der Waals surface area (Å²) in [7, 11) is 0. The molecular weight excluding hydrogens is 228 g/mol. The minimum absolute atomic E-state index is 0.308. The molecule has 0 heterocycles. The third-order valence-electron chi connectivity index (χ3n) is 4.65. The molecule has 0 N–H and O–H groups in total. The first kappa shape index (κ1) is 16.0. The summed E-state index contributed by atoms with van der Waals surface area (Å²) in [5, 5.41) is 0. The van der Waals surface area contributed by atoms with E-state index in [1.807, 2.05) is 0 Å². The molecule has 0 nitrogen and oxygen atoms in total. The molecule has 0 bridgehead atoms. The van der Waals surface area contributed by atoms with Crippen LogP contribution in [-0.4, -0.2) is 0 Å². The van der Waals surface area contributed by atoms with Crippen LogP contribution in [0.2, 0.25) is 0 Å². The Balaban J connectivity index is 2.97. The largest absolute Gasteiger partial charge is 0.100 e. The van der Waals surface area contributed by atoms with Crippen molar-refractivity contribution in [3.8, 4) is 0 Å². The van der Waals surface area contributed by atoms with E-state index in [0.717, 1.165) is 6.42 Å². The molecule has 1 aromatic rings. The molecule has 0 radical (unpaired) electrons. The fourth-order valence-electron chi connectivity index (χ4n) is 2.38. The number of hydrogen-bond acceptors (Lipinski definition) is 0. The van der Waals surface area contributed by atoms with Gasteiger partial charge in [-0.05, 0) is 42.1 Å². The first-order valence-electron chi connectivity index (χ1n) is 7.33. The quantitative estimate of drug-likeness (QED) is 0.552. The Bertz CT molecular complexity index is 403. The van der Waals surface area contributed by atoms with E-state index in [0.29, 0.717) is 16.7 Å². The van der Waals surface area contributed by atoms with Gasteiger partial charge in [0.15, 0.2) is 0 Å². The molecule has 0 fully saturated rings. The predicted molar refractivity (Wildman–Crippen MR) is 86.5 cm³/mol. The van der Waals surface area contributed by atoms with Crippen molar-refractivity contribution in [1.29, 1.82) is 0 Å². The highest BCUT2D eigenvalue weighted by atomic mass is 14.4. The van der Waals surface area contributed by atoms with Gasteiger partial charge in [-0.3, -0.25) is 0 Å². The second-order valence-electron chi connectivity index (χ2n) is 7.61. The van der Waals surface area contributed by atoms with Gasteiger partial charge in [-0.25, -0.2) is 0 Å². The SMILES string of the molecule is C=C(C)CC(CC(C)(C)C(C)(C)C)c1ccccc1. The molecule has 0 heteroatoms. The average molecular weight is 258 g/mol. The molecule has 0 aromatic heterocycles. The maximum absolute atomic E-state index is 4.11. The standard InChI is InChI=1S/C19H30/c1-15(2)13-17(16-11-9-8-10-12-16)14-19(6,7)18(3,4)5/h8-12,17H,1,13-14H2,2-7H3. The maximum atomic E-state index is 4.11. The molecule has 0 saturated heterocycles. The summed E-state index contributed by atoms with van der Waals surface area (Å²) in [6.07, 6.45) is 2.29. The lowest BCUT2D eigenvalue weighted by molar-refractivity contribution is 0.109. The van der Waals surface area contributed by atoms with Crippen molar-refractivity contribution in [1.82, 2.24) is 0 Å². The second kappa shape index (κ2) is 5.94. The van der Waals surface area contributed by atoms with E-state index in [-0.39, 0.29) is 0 Å². The molecule has 0 aliphatic rings. The van der Waals surface area contributed by atoms with Crippen LogP contribution in [0.15, 0.2) is 42.5 Å². The lowest BCUT2D eigenvalue weighted by atomic mass is 9.64. The van der Waals surface area contributed by atoms with Gasteiger partial charge in [0.2, 0.25) is 0 Å². The lowest BCUT2D eigenvalue weighted by Crippen LogP contribution is -2.31. The summed E-state index contributed by atoms with van der Waals surface area (Å²) in [6, 6.07) is 10.9. The zero-order valence-corrected chi connectivity index (χ0v) is 13.6. The van der Waals surface area contributed by atoms with Crippen molar-refractivity contribution in [3.63, 3.8) is 0 Å². The molecular formula is C19H30. The Hall–Kier alpha value is -1.04. The molecule has 1 aromatic carbocycles. The van der Waals surface area contributed by atoms with Gasteiger partial charge in [-0.15, -0.1) is 6.58 Å². The van der Waals surface area contributed by atoms with Gasteiger partial charge >= 0.3 is 0 Å². The van der Waals surface area contributed by atoms with Crippen LogP contribution in [0.25, 0.3) is 0 Å². The van der Waals surface area contributed by atoms with Crippen molar-refractivity contribution >= 4 is 0 Å². The Morgan fingerprint density at radius 1 is 1.05 bits per heavy atom. The van der Waals surface area contributed by atoms with Gasteiger partial charge in [0.05, 0.1) is 0 Å². The number of benzene rings is 1. The predicted octanol–water partition coefficient (Wildman–Crippen LogP) is 6.20. The Morgan fingerprint density at radius 3 is 2.00 bits per heavy atom. The number of hydrogen-bond donors (Lipinski definition) is 0. The van der Waals surface area contributed by atoms with Crippen LogP contribution in [0.1, 0.15) is 65.9 Å². The maximum Gasteiger partial charge on any atom is -0.0120 e. The zero-order chi connectivity index (χ0) is 14.7. The highest BCUT2D eigenvalue weighted by Crippen LogP contribution is 2.46. The minimum Gasteiger partial charge on any atom is -0.100 e. The lowest BCUT2D eigenvalue weighted by Gasteiger charge is -2.41. The monoisotopic (exact) mass is 258 g/mol. The van der Waals surface area contributed by atoms with E-state index in [1.165, 1.54) is 17.6 Å². The van der Waals surface area contributed by atoms with Gasteiger partial charge in [0, 0.05) is 0 Å². The molecule has 1 rings (SSSR count). The van der Waals surface area contributed by atoms with Gasteiger partial charge in [0.25, 0.3) is 0 Å². The summed E-state index contributed by atoms with van der Waals surface area (Å²) < 4.78 is 0. The van der Waals surface area contributed by atoms with Crippen LogP contribution in [-0.2, 0) is 0 Å². The van der Waals surface area contributed by atoms with Crippen molar-refractivity contribution in [3.05, 3.63) is 48.0 Å². The first-order valence-corrected chi connectivity index (χ1v) is 7.33. The molecule has 19 heavy (non-hydrogen) atoms. The van der Waals surface area contributed by atoms with Gasteiger partial charge in [-0.1, -0.05) is 70.5 Å². The Kier molecular flexibility index (Phi) is 5.01. The summed E-state index contributed by atoms with van der Waals surface area (Å²) in [4.78, 5) is 0.